The summed E-state index contributed by atoms with van der Waals surface area (Å²) < 4.78 is 9.44. The molecule has 0 amide bonds. The van der Waals surface area contributed by atoms with Crippen LogP contribution in [0.15, 0.2) is 24.3 Å². The molecule has 1 aliphatic rings. The molecule has 1 saturated heterocycles. The van der Waals surface area contributed by atoms with Crippen LogP contribution in [-0.2, 0) is 23.9 Å². The zero-order chi connectivity index (χ0) is 19.6. The highest BCUT2D eigenvalue weighted by molar-refractivity contribution is 5.93. The lowest BCUT2D eigenvalue weighted by Gasteiger charge is -2.26. The second-order valence-corrected chi connectivity index (χ2v) is 6.03. The molecule has 0 aromatic heterocycles. The Hall–Kier alpha value is -3.01. The Morgan fingerprint density at radius 3 is 2.35 bits per heavy atom. The molecule has 1 fully saturated rings. The van der Waals surface area contributed by atoms with E-state index in [4.69, 9.17) is 9.47 Å². The van der Waals surface area contributed by atoms with E-state index >= 15 is 0 Å². The maximum absolute atomic E-state index is 12.4. The first kappa shape index (κ1) is 19.3. The van der Waals surface area contributed by atoms with Crippen molar-refractivity contribution >= 4 is 23.6 Å². The Labute approximate surface area is 148 Å². The summed E-state index contributed by atoms with van der Waals surface area (Å²) in [6, 6.07) is 4.40. The summed E-state index contributed by atoms with van der Waals surface area (Å²) in [6.45, 7) is 1.25. The van der Waals surface area contributed by atoms with Crippen molar-refractivity contribution in [1.82, 2.24) is 5.32 Å². The van der Waals surface area contributed by atoms with Crippen LogP contribution < -0.4 is 5.32 Å². The number of non-ortho nitro benzene ring substituents is 1. The lowest BCUT2D eigenvalue weighted by Crippen LogP contribution is -2.53. The molecule has 0 unspecified atom stereocenters. The summed E-state index contributed by atoms with van der Waals surface area (Å²) >= 11 is 0. The molecule has 1 heterocycles. The molecule has 1 aromatic rings. The number of carbonyl (C=O) groups excluding carboxylic acids is 2. The number of carbonyl (C=O) groups is 3. The Balaban J connectivity index is 2.62. The van der Waals surface area contributed by atoms with Crippen LogP contribution in [-0.4, -0.2) is 47.7 Å². The summed E-state index contributed by atoms with van der Waals surface area (Å²) in [5.41, 5.74) is -1.78. The fraction of sp³-hybridized carbons (Fsp3) is 0.438. The average Bonchev–Trinajstić information content (AvgIpc) is 2.95. The maximum atomic E-state index is 12.4. The number of nitro benzene ring substituents is 1. The number of nitro groups is 1. The zero-order valence-corrected chi connectivity index (χ0v) is 14.3. The molecule has 0 radical (unpaired) electrons. The predicted molar refractivity (Wildman–Crippen MR) is 86.0 cm³/mol. The summed E-state index contributed by atoms with van der Waals surface area (Å²) in [4.78, 5) is 46.9. The SMILES string of the molecule is COC(=O)[C@@H]1[C@@H](c2cccc([N+](=O)[O-])c2)N[C@@](C)(C(=O)O)[C@H]1C(=O)OC. The van der Waals surface area contributed by atoms with E-state index in [0.29, 0.717) is 0 Å². The molecular weight excluding hydrogens is 348 g/mol. The number of ether oxygens (including phenoxy) is 2. The van der Waals surface area contributed by atoms with Crippen molar-refractivity contribution in [2.45, 2.75) is 18.5 Å². The highest BCUT2D eigenvalue weighted by atomic mass is 16.6. The first-order valence-corrected chi connectivity index (χ1v) is 7.58. The molecule has 0 spiro atoms. The molecule has 0 bridgehead atoms. The van der Waals surface area contributed by atoms with Gasteiger partial charge in [-0.15, -0.1) is 0 Å². The van der Waals surface area contributed by atoms with Gasteiger partial charge in [0.1, 0.15) is 11.5 Å². The number of nitrogens with zero attached hydrogens (tertiary/aromatic N) is 1. The number of carboxylic acid groups (broad SMARTS) is 1. The standard InChI is InChI=1S/C16H18N2O8/c1-16(15(21)22)11(14(20)26-3)10(13(19)25-2)12(17-16)8-5-4-6-9(7-8)18(23)24/h4-7,10-12,17H,1-3H3,(H,21,22)/t10-,11+,12+,16+/m0/s1. The minimum absolute atomic E-state index is 0.230. The fourth-order valence-corrected chi connectivity index (χ4v) is 3.29. The molecule has 4 atom stereocenters. The molecule has 0 aliphatic carbocycles. The molecular formula is C16H18N2O8. The van der Waals surface area contributed by atoms with Gasteiger partial charge in [-0.1, -0.05) is 12.1 Å². The van der Waals surface area contributed by atoms with Crippen molar-refractivity contribution in [3.05, 3.63) is 39.9 Å². The van der Waals surface area contributed by atoms with Crippen molar-refractivity contribution in [1.29, 1.82) is 0 Å². The number of hydrogen-bond acceptors (Lipinski definition) is 8. The van der Waals surface area contributed by atoms with Crippen LogP contribution in [0.4, 0.5) is 5.69 Å². The summed E-state index contributed by atoms with van der Waals surface area (Å²) in [5, 5.41) is 23.4. The van der Waals surface area contributed by atoms with Crippen LogP contribution in [0.5, 0.6) is 0 Å². The second kappa shape index (κ2) is 7.08. The number of carboxylic acids is 1. The van der Waals surface area contributed by atoms with Crippen LogP contribution >= 0.6 is 0 Å². The van der Waals surface area contributed by atoms with E-state index in [1.54, 1.807) is 0 Å². The Morgan fingerprint density at radius 1 is 1.23 bits per heavy atom. The van der Waals surface area contributed by atoms with Gasteiger partial charge in [-0.3, -0.25) is 29.8 Å². The first-order chi connectivity index (χ1) is 12.2. The van der Waals surface area contributed by atoms with Gasteiger partial charge in [0.25, 0.3) is 5.69 Å². The highest BCUT2D eigenvalue weighted by Crippen LogP contribution is 2.44. The Kier molecular flexibility index (Phi) is 5.26. The van der Waals surface area contributed by atoms with Gasteiger partial charge in [-0.25, -0.2) is 0 Å². The zero-order valence-electron chi connectivity index (χ0n) is 14.3. The molecule has 10 heteroatoms. The van der Waals surface area contributed by atoms with Gasteiger partial charge in [0.15, 0.2) is 0 Å². The number of hydrogen-bond donors (Lipinski definition) is 2. The number of methoxy groups -OCH3 is 2. The summed E-state index contributed by atoms with van der Waals surface area (Å²) in [7, 11) is 2.19. The number of rotatable bonds is 5. The highest BCUT2D eigenvalue weighted by Gasteiger charge is 2.62. The van der Waals surface area contributed by atoms with E-state index in [1.807, 2.05) is 0 Å². The predicted octanol–water partition coefficient (Wildman–Crippen LogP) is 0.661. The van der Waals surface area contributed by atoms with E-state index in [-0.39, 0.29) is 11.3 Å². The minimum Gasteiger partial charge on any atom is -0.480 e. The second-order valence-electron chi connectivity index (χ2n) is 6.03. The van der Waals surface area contributed by atoms with Gasteiger partial charge in [0.05, 0.1) is 25.1 Å². The first-order valence-electron chi connectivity index (χ1n) is 7.58. The van der Waals surface area contributed by atoms with Crippen LogP contribution in [0.3, 0.4) is 0 Å². The Morgan fingerprint density at radius 2 is 1.85 bits per heavy atom. The van der Waals surface area contributed by atoms with Crippen molar-refractivity contribution in [3.63, 3.8) is 0 Å². The van der Waals surface area contributed by atoms with Gasteiger partial charge in [0, 0.05) is 18.2 Å². The lowest BCUT2D eigenvalue weighted by atomic mass is 9.78. The Bertz CT molecular complexity index is 764. The minimum atomic E-state index is -1.83. The average molecular weight is 366 g/mol. The molecule has 1 aliphatic heterocycles. The third-order valence-electron chi connectivity index (χ3n) is 4.61. The van der Waals surface area contributed by atoms with E-state index in [9.17, 15) is 29.6 Å². The van der Waals surface area contributed by atoms with Crippen LogP contribution in [0.2, 0.25) is 0 Å². The third kappa shape index (κ3) is 3.10. The quantitative estimate of drug-likeness (QED) is 0.436. The van der Waals surface area contributed by atoms with E-state index < -0.39 is 46.2 Å². The van der Waals surface area contributed by atoms with Crippen LogP contribution in [0, 0.1) is 22.0 Å². The number of benzene rings is 1. The van der Waals surface area contributed by atoms with E-state index in [0.717, 1.165) is 14.2 Å². The molecule has 10 nitrogen and oxygen atoms in total. The van der Waals surface area contributed by atoms with Gasteiger partial charge >= 0.3 is 17.9 Å². The summed E-state index contributed by atoms with van der Waals surface area (Å²) in [5.74, 6) is -5.72. The van der Waals surface area contributed by atoms with E-state index in [2.05, 4.69) is 5.32 Å². The molecule has 26 heavy (non-hydrogen) atoms. The fourth-order valence-electron chi connectivity index (χ4n) is 3.29. The van der Waals surface area contributed by atoms with Crippen molar-refractivity contribution < 1.29 is 33.9 Å². The molecule has 2 N–H and O–H groups in total. The van der Waals surface area contributed by atoms with Gasteiger partial charge in [-0.05, 0) is 12.5 Å². The third-order valence-corrected chi connectivity index (χ3v) is 4.61. The van der Waals surface area contributed by atoms with Crippen LogP contribution in [0.1, 0.15) is 18.5 Å². The van der Waals surface area contributed by atoms with Crippen LogP contribution in [0.25, 0.3) is 0 Å². The molecule has 140 valence electrons. The monoisotopic (exact) mass is 366 g/mol. The van der Waals surface area contributed by atoms with Crippen molar-refractivity contribution in [2.24, 2.45) is 11.8 Å². The lowest BCUT2D eigenvalue weighted by molar-refractivity contribution is -0.384. The molecule has 2 rings (SSSR count). The summed E-state index contributed by atoms with van der Waals surface area (Å²) in [6.07, 6.45) is 0. The number of esters is 2. The van der Waals surface area contributed by atoms with Gasteiger partial charge in [0.2, 0.25) is 0 Å². The topological polar surface area (TPSA) is 145 Å². The normalized spacial score (nSPS) is 27.6. The number of aliphatic carboxylic acids is 1. The van der Waals surface area contributed by atoms with E-state index in [1.165, 1.54) is 31.2 Å². The molecule has 1 aromatic carbocycles. The van der Waals surface area contributed by atoms with Gasteiger partial charge in [-0.2, -0.15) is 0 Å². The molecule has 0 saturated carbocycles. The smallest absolute Gasteiger partial charge is 0.324 e. The van der Waals surface area contributed by atoms with Crippen molar-refractivity contribution in [3.8, 4) is 0 Å². The maximum Gasteiger partial charge on any atom is 0.324 e. The largest absolute Gasteiger partial charge is 0.480 e. The van der Waals surface area contributed by atoms with Gasteiger partial charge < -0.3 is 14.6 Å². The van der Waals surface area contributed by atoms with Crippen molar-refractivity contribution in [2.75, 3.05) is 14.2 Å². The number of nitrogens with one attached hydrogen (secondary N) is 1.